The fourth-order valence-corrected chi connectivity index (χ4v) is 0.105. The molecule has 4 nitrogen and oxygen atoms in total. The van der Waals surface area contributed by atoms with E-state index in [0.717, 1.165) is 6.21 Å². The van der Waals surface area contributed by atoms with Gasteiger partial charge in [-0.05, 0) is 0 Å². The van der Waals surface area contributed by atoms with Crippen LogP contribution in [0, 0.1) is 0 Å². The molecular weight excluding hydrogens is 115 g/mol. The predicted molar refractivity (Wildman–Crippen MR) is 27.2 cm³/mol. The van der Waals surface area contributed by atoms with E-state index < -0.39 is 5.91 Å². The Morgan fingerprint density at radius 2 is 2.38 bits per heavy atom. The average molecular weight is 122 g/mol. The first kappa shape index (κ1) is 9.98. The lowest BCUT2D eigenvalue weighted by atomic mass is 10.7. The van der Waals surface area contributed by atoms with Gasteiger partial charge in [0.1, 0.15) is 13.3 Å². The van der Waals surface area contributed by atoms with E-state index in [1.165, 1.54) is 7.11 Å². The molecular formula is C3H7FN2O2. The third-order valence-corrected chi connectivity index (χ3v) is 0.285. The Hall–Kier alpha value is -1.13. The molecule has 0 radical (unpaired) electrons. The van der Waals surface area contributed by atoms with Crippen molar-refractivity contribution in [3.8, 4) is 0 Å². The molecule has 0 aliphatic rings. The van der Waals surface area contributed by atoms with Crippen LogP contribution in [0.4, 0.5) is 4.70 Å². The standard InChI is InChI=1S/C3H6N2O2.FH/c1-7-5-2-3(4)6;/h2H,1H3,(H2,4,6);1H. The van der Waals surface area contributed by atoms with Crippen LogP contribution < -0.4 is 5.73 Å². The fourth-order valence-electron chi connectivity index (χ4n) is 0.105. The number of hydrogen-bond acceptors (Lipinski definition) is 3. The quantitative estimate of drug-likeness (QED) is 0.387. The van der Waals surface area contributed by atoms with Crippen LogP contribution in [0.1, 0.15) is 0 Å². The highest BCUT2D eigenvalue weighted by Crippen LogP contribution is 1.59. The number of hydrogen-bond donors (Lipinski definition) is 1. The molecule has 0 aromatic carbocycles. The first-order valence-corrected chi connectivity index (χ1v) is 1.63. The highest BCUT2D eigenvalue weighted by atomic mass is 19.0. The van der Waals surface area contributed by atoms with E-state index in [1.54, 1.807) is 0 Å². The minimum atomic E-state index is -0.609. The van der Waals surface area contributed by atoms with Gasteiger partial charge in [-0.2, -0.15) is 0 Å². The second kappa shape index (κ2) is 5.87. The Morgan fingerprint density at radius 3 is 2.50 bits per heavy atom. The highest BCUT2D eigenvalue weighted by molar-refractivity contribution is 6.25. The normalized spacial score (nSPS) is 8.12. The second-order valence-corrected chi connectivity index (χ2v) is 0.819. The van der Waals surface area contributed by atoms with Crippen molar-refractivity contribution < 1.29 is 14.3 Å². The molecule has 0 rings (SSSR count). The molecule has 0 saturated carbocycles. The molecule has 0 aliphatic heterocycles. The summed E-state index contributed by atoms with van der Waals surface area (Å²) in [5.74, 6) is -0.609. The van der Waals surface area contributed by atoms with Gasteiger partial charge in [0.15, 0.2) is 0 Å². The Morgan fingerprint density at radius 1 is 1.88 bits per heavy atom. The number of oxime groups is 1. The number of carbonyl (C=O) groups excluding carboxylic acids is 1. The molecule has 0 fully saturated rings. The van der Waals surface area contributed by atoms with E-state index in [-0.39, 0.29) is 4.70 Å². The molecule has 8 heavy (non-hydrogen) atoms. The van der Waals surface area contributed by atoms with Gasteiger partial charge in [0, 0.05) is 0 Å². The van der Waals surface area contributed by atoms with Crippen LogP contribution in [0.3, 0.4) is 0 Å². The summed E-state index contributed by atoms with van der Waals surface area (Å²) < 4.78 is 0. The third kappa shape index (κ3) is 8.85. The van der Waals surface area contributed by atoms with Crippen molar-refractivity contribution in [1.82, 2.24) is 0 Å². The van der Waals surface area contributed by atoms with E-state index in [2.05, 4.69) is 15.7 Å². The van der Waals surface area contributed by atoms with Crippen molar-refractivity contribution in [2.75, 3.05) is 7.11 Å². The lowest BCUT2D eigenvalue weighted by molar-refractivity contribution is -0.111. The maximum Gasteiger partial charge on any atom is 0.263 e. The molecule has 0 aliphatic carbocycles. The first-order chi connectivity index (χ1) is 3.27. The molecule has 2 N–H and O–H groups in total. The Kier molecular flexibility index (Phi) is 7.32. The minimum Gasteiger partial charge on any atom is -0.399 e. The summed E-state index contributed by atoms with van der Waals surface area (Å²) in [6.45, 7) is 0. The summed E-state index contributed by atoms with van der Waals surface area (Å²) in [6.07, 6.45) is 0.889. The van der Waals surface area contributed by atoms with E-state index in [4.69, 9.17) is 0 Å². The van der Waals surface area contributed by atoms with E-state index in [0.29, 0.717) is 0 Å². The summed E-state index contributed by atoms with van der Waals surface area (Å²) in [5.41, 5.74) is 4.61. The monoisotopic (exact) mass is 122 g/mol. The molecule has 0 heterocycles. The maximum atomic E-state index is 9.75. The summed E-state index contributed by atoms with van der Waals surface area (Å²) in [6, 6.07) is 0. The van der Waals surface area contributed by atoms with Gasteiger partial charge in [0.05, 0.1) is 0 Å². The van der Waals surface area contributed by atoms with Crippen LogP contribution in [0.2, 0.25) is 0 Å². The lowest BCUT2D eigenvalue weighted by Crippen LogP contribution is -2.11. The lowest BCUT2D eigenvalue weighted by Gasteiger charge is -1.79. The smallest absolute Gasteiger partial charge is 0.263 e. The summed E-state index contributed by atoms with van der Waals surface area (Å²) in [5, 5.41) is 3.07. The Bertz CT molecular complexity index is 93.3. The predicted octanol–water partition coefficient (Wildman–Crippen LogP) is -0.744. The van der Waals surface area contributed by atoms with Crippen LogP contribution in [-0.4, -0.2) is 19.2 Å². The molecule has 0 aromatic heterocycles. The van der Waals surface area contributed by atoms with Gasteiger partial charge in [-0.1, -0.05) is 5.16 Å². The number of halogens is 1. The molecule has 0 aromatic rings. The molecule has 0 spiro atoms. The van der Waals surface area contributed by atoms with E-state index in [1.807, 2.05) is 0 Å². The van der Waals surface area contributed by atoms with E-state index in [9.17, 15) is 4.79 Å². The van der Waals surface area contributed by atoms with Gasteiger partial charge in [-0.15, -0.1) is 0 Å². The van der Waals surface area contributed by atoms with Crippen LogP contribution in [0.15, 0.2) is 5.16 Å². The summed E-state index contributed by atoms with van der Waals surface area (Å²) in [4.78, 5) is 13.9. The second-order valence-electron chi connectivity index (χ2n) is 0.819. The van der Waals surface area contributed by atoms with Crippen molar-refractivity contribution in [3.05, 3.63) is 0 Å². The van der Waals surface area contributed by atoms with Gasteiger partial charge in [0.2, 0.25) is 0 Å². The van der Waals surface area contributed by atoms with Crippen LogP contribution >= 0.6 is 0 Å². The van der Waals surface area contributed by atoms with Crippen molar-refractivity contribution in [3.63, 3.8) is 0 Å². The van der Waals surface area contributed by atoms with Crippen molar-refractivity contribution in [1.29, 1.82) is 0 Å². The zero-order valence-electron chi connectivity index (χ0n) is 4.33. The van der Waals surface area contributed by atoms with Gasteiger partial charge in [0.25, 0.3) is 5.91 Å². The Labute approximate surface area is 45.7 Å². The van der Waals surface area contributed by atoms with Crippen molar-refractivity contribution in [2.45, 2.75) is 0 Å². The molecule has 0 atom stereocenters. The molecule has 0 unspecified atom stereocenters. The zero-order chi connectivity index (χ0) is 5.70. The zero-order valence-corrected chi connectivity index (χ0v) is 4.33. The van der Waals surface area contributed by atoms with Crippen LogP contribution in [0.5, 0.6) is 0 Å². The number of carbonyl (C=O) groups is 1. The van der Waals surface area contributed by atoms with Crippen molar-refractivity contribution >= 4 is 12.1 Å². The Balaban J connectivity index is 0. The topological polar surface area (TPSA) is 64.7 Å². The van der Waals surface area contributed by atoms with Gasteiger partial charge in [-0.25, -0.2) is 0 Å². The van der Waals surface area contributed by atoms with Crippen LogP contribution in [0.25, 0.3) is 0 Å². The fraction of sp³-hybridized carbons (Fsp3) is 0.333. The number of nitrogens with zero attached hydrogens (tertiary/aromatic N) is 1. The van der Waals surface area contributed by atoms with Gasteiger partial charge in [-0.3, -0.25) is 9.50 Å². The number of rotatable bonds is 2. The average Bonchev–Trinajstić information content (AvgIpc) is 1.61. The van der Waals surface area contributed by atoms with Gasteiger partial charge >= 0.3 is 0 Å². The largest absolute Gasteiger partial charge is 0.399 e. The van der Waals surface area contributed by atoms with Gasteiger partial charge < -0.3 is 10.6 Å². The van der Waals surface area contributed by atoms with E-state index >= 15 is 0 Å². The number of primary amides is 1. The molecule has 48 valence electrons. The first-order valence-electron chi connectivity index (χ1n) is 1.63. The molecule has 0 bridgehead atoms. The maximum absolute atomic E-state index is 9.75. The van der Waals surface area contributed by atoms with Crippen LogP contribution in [-0.2, 0) is 9.63 Å². The molecule has 0 saturated heterocycles. The number of nitrogens with two attached hydrogens (primary N) is 1. The summed E-state index contributed by atoms with van der Waals surface area (Å²) in [7, 11) is 1.33. The molecule has 1 amide bonds. The highest BCUT2D eigenvalue weighted by Gasteiger charge is 1.78. The van der Waals surface area contributed by atoms with Crippen molar-refractivity contribution in [2.24, 2.45) is 10.9 Å². The SMILES string of the molecule is CON=CC(N)=O.F. The minimum absolute atomic E-state index is 0. The number of amides is 1. The third-order valence-electron chi connectivity index (χ3n) is 0.285. The molecule has 5 heteroatoms. The summed E-state index contributed by atoms with van der Waals surface area (Å²) >= 11 is 0.